The highest BCUT2D eigenvalue weighted by atomic mass is 32.1. The Morgan fingerprint density at radius 3 is 2.61 bits per heavy atom. The van der Waals surface area contributed by atoms with Gasteiger partial charge in [0.1, 0.15) is 0 Å². The van der Waals surface area contributed by atoms with Gasteiger partial charge >= 0.3 is 12.0 Å². The highest BCUT2D eigenvalue weighted by Gasteiger charge is 2.24. The molecule has 0 aliphatic rings. The van der Waals surface area contributed by atoms with Crippen LogP contribution in [0.5, 0.6) is 0 Å². The number of thiophene rings is 1. The number of carboxylic acids is 1. The van der Waals surface area contributed by atoms with Crippen molar-refractivity contribution in [3.05, 3.63) is 21.9 Å². The van der Waals surface area contributed by atoms with Crippen LogP contribution in [0.4, 0.5) is 4.79 Å². The Balaban J connectivity index is 2.46. The van der Waals surface area contributed by atoms with E-state index in [9.17, 15) is 14.7 Å². The predicted molar refractivity (Wildman–Crippen MR) is 67.5 cm³/mol. The highest BCUT2D eigenvalue weighted by Crippen LogP contribution is 2.14. The molecule has 1 rings (SSSR count). The minimum atomic E-state index is -1.31. The first-order valence-corrected chi connectivity index (χ1v) is 6.28. The summed E-state index contributed by atoms with van der Waals surface area (Å²) in [5, 5.41) is 24.7. The number of nitrogens with one attached hydrogen (secondary N) is 2. The maximum absolute atomic E-state index is 11.5. The van der Waals surface area contributed by atoms with E-state index in [0.29, 0.717) is 6.54 Å². The van der Waals surface area contributed by atoms with Crippen molar-refractivity contribution < 1.29 is 19.8 Å². The van der Waals surface area contributed by atoms with E-state index in [1.54, 1.807) is 0 Å². The number of aryl methyl sites for hydroxylation is 1. The van der Waals surface area contributed by atoms with Crippen molar-refractivity contribution in [1.29, 1.82) is 0 Å². The summed E-state index contributed by atoms with van der Waals surface area (Å²) in [6, 6.07) is 0.0145. The third-order valence-electron chi connectivity index (χ3n) is 2.41. The molecule has 2 atom stereocenters. The largest absolute Gasteiger partial charge is 0.480 e. The summed E-state index contributed by atoms with van der Waals surface area (Å²) in [6.07, 6.45) is -1.16. The summed E-state index contributed by atoms with van der Waals surface area (Å²) < 4.78 is 0. The van der Waals surface area contributed by atoms with Gasteiger partial charge in [0.25, 0.3) is 0 Å². The third-order valence-corrected chi connectivity index (χ3v) is 3.44. The molecule has 0 saturated carbocycles. The first kappa shape index (κ1) is 14.5. The van der Waals surface area contributed by atoms with Gasteiger partial charge in [-0.3, -0.25) is 0 Å². The monoisotopic (exact) mass is 272 g/mol. The molecule has 6 nitrogen and oxygen atoms in total. The standard InChI is InChI=1S/C11H16N2O4S/c1-6-3-4-18-8(6)5-12-11(17)13-9(7(2)14)10(15)16/h3-4,7,9,14H,5H2,1-2H3,(H,15,16)(H2,12,13,17). The third kappa shape index (κ3) is 4.01. The number of rotatable bonds is 5. The normalized spacial score (nSPS) is 13.7. The summed E-state index contributed by atoms with van der Waals surface area (Å²) in [6.45, 7) is 3.57. The van der Waals surface area contributed by atoms with Crippen molar-refractivity contribution in [2.75, 3.05) is 0 Å². The number of aliphatic hydroxyl groups is 1. The van der Waals surface area contributed by atoms with Crippen LogP contribution >= 0.6 is 11.3 Å². The van der Waals surface area contributed by atoms with E-state index in [1.807, 2.05) is 18.4 Å². The summed E-state index contributed by atoms with van der Waals surface area (Å²) in [4.78, 5) is 23.2. The fourth-order valence-electron chi connectivity index (χ4n) is 1.33. The van der Waals surface area contributed by atoms with Crippen LogP contribution in [-0.2, 0) is 11.3 Å². The molecule has 7 heteroatoms. The first-order valence-electron chi connectivity index (χ1n) is 5.40. The van der Waals surface area contributed by atoms with Crippen LogP contribution < -0.4 is 10.6 Å². The van der Waals surface area contributed by atoms with Gasteiger partial charge in [0.2, 0.25) is 0 Å². The molecule has 0 bridgehead atoms. The minimum absolute atomic E-state index is 0.335. The lowest BCUT2D eigenvalue weighted by atomic mass is 10.2. The molecule has 18 heavy (non-hydrogen) atoms. The Morgan fingerprint density at radius 2 is 2.17 bits per heavy atom. The van der Waals surface area contributed by atoms with Crippen LogP contribution in [0.2, 0.25) is 0 Å². The number of urea groups is 1. The average Bonchev–Trinajstić information content (AvgIpc) is 2.68. The molecule has 2 amide bonds. The SMILES string of the molecule is Cc1ccsc1CNC(=O)NC(C(=O)O)C(C)O. The highest BCUT2D eigenvalue weighted by molar-refractivity contribution is 7.10. The number of hydrogen-bond donors (Lipinski definition) is 4. The van der Waals surface area contributed by atoms with Crippen molar-refractivity contribution in [2.45, 2.75) is 32.5 Å². The lowest BCUT2D eigenvalue weighted by molar-refractivity contribution is -0.141. The molecule has 0 aliphatic carbocycles. The molecule has 0 spiro atoms. The summed E-state index contributed by atoms with van der Waals surface area (Å²) in [5.41, 5.74) is 1.07. The Labute approximate surface area is 109 Å². The molecule has 1 aromatic heterocycles. The second kappa shape index (κ2) is 6.36. The van der Waals surface area contributed by atoms with E-state index in [1.165, 1.54) is 18.3 Å². The van der Waals surface area contributed by atoms with E-state index >= 15 is 0 Å². The van der Waals surface area contributed by atoms with Crippen LogP contribution in [0.3, 0.4) is 0 Å². The van der Waals surface area contributed by atoms with Crippen molar-refractivity contribution in [3.63, 3.8) is 0 Å². The molecule has 0 saturated heterocycles. The maximum atomic E-state index is 11.5. The van der Waals surface area contributed by atoms with E-state index in [2.05, 4.69) is 10.6 Å². The average molecular weight is 272 g/mol. The molecule has 2 unspecified atom stereocenters. The van der Waals surface area contributed by atoms with E-state index < -0.39 is 24.1 Å². The predicted octanol–water partition coefficient (Wildman–Crippen LogP) is 0.690. The van der Waals surface area contributed by atoms with E-state index in [-0.39, 0.29) is 0 Å². The first-order chi connectivity index (χ1) is 8.41. The van der Waals surface area contributed by atoms with Crippen molar-refractivity contribution in [1.82, 2.24) is 10.6 Å². The van der Waals surface area contributed by atoms with Gasteiger partial charge in [0.05, 0.1) is 12.6 Å². The van der Waals surface area contributed by atoms with Crippen molar-refractivity contribution in [3.8, 4) is 0 Å². The number of carboxylic acid groups (broad SMARTS) is 1. The lowest BCUT2D eigenvalue weighted by Gasteiger charge is -2.17. The molecule has 1 heterocycles. The maximum Gasteiger partial charge on any atom is 0.328 e. The van der Waals surface area contributed by atoms with Gasteiger partial charge in [-0.1, -0.05) is 0 Å². The fourth-order valence-corrected chi connectivity index (χ4v) is 2.17. The Morgan fingerprint density at radius 1 is 1.50 bits per heavy atom. The molecule has 0 fully saturated rings. The molecule has 1 aromatic rings. The lowest BCUT2D eigenvalue weighted by Crippen LogP contribution is -2.50. The number of carbonyl (C=O) groups is 2. The topological polar surface area (TPSA) is 98.7 Å². The van der Waals surface area contributed by atoms with Crippen LogP contribution in [0.25, 0.3) is 0 Å². The van der Waals surface area contributed by atoms with Crippen LogP contribution in [-0.4, -0.2) is 34.4 Å². The molecule has 0 aromatic carbocycles. The quantitative estimate of drug-likeness (QED) is 0.633. The number of aliphatic carboxylic acids is 1. The number of aliphatic hydroxyl groups excluding tert-OH is 1. The van der Waals surface area contributed by atoms with Gasteiger partial charge in [-0.05, 0) is 30.9 Å². The molecule has 4 N–H and O–H groups in total. The van der Waals surface area contributed by atoms with Gasteiger partial charge < -0.3 is 20.8 Å². The molecule has 0 aliphatic heterocycles. The van der Waals surface area contributed by atoms with Crippen LogP contribution in [0.1, 0.15) is 17.4 Å². The summed E-state index contributed by atoms with van der Waals surface area (Å²) in [5.74, 6) is -1.27. The van der Waals surface area contributed by atoms with E-state index in [0.717, 1.165) is 10.4 Å². The van der Waals surface area contributed by atoms with Crippen LogP contribution in [0.15, 0.2) is 11.4 Å². The molecular formula is C11H16N2O4S. The minimum Gasteiger partial charge on any atom is -0.480 e. The van der Waals surface area contributed by atoms with E-state index in [4.69, 9.17) is 5.11 Å². The van der Waals surface area contributed by atoms with Gasteiger partial charge in [0, 0.05) is 4.88 Å². The zero-order valence-electron chi connectivity index (χ0n) is 10.1. The second-order valence-electron chi connectivity index (χ2n) is 3.91. The zero-order valence-corrected chi connectivity index (χ0v) is 11.0. The smallest absolute Gasteiger partial charge is 0.328 e. The van der Waals surface area contributed by atoms with Crippen LogP contribution in [0, 0.1) is 6.92 Å². The Bertz CT molecular complexity index is 430. The summed E-state index contributed by atoms with van der Waals surface area (Å²) >= 11 is 1.51. The van der Waals surface area contributed by atoms with Gasteiger partial charge in [0.15, 0.2) is 6.04 Å². The second-order valence-corrected chi connectivity index (χ2v) is 4.91. The Hall–Kier alpha value is -1.60. The van der Waals surface area contributed by atoms with Gasteiger partial charge in [-0.15, -0.1) is 11.3 Å². The number of amides is 2. The number of carbonyl (C=O) groups excluding carboxylic acids is 1. The van der Waals surface area contributed by atoms with Crippen molar-refractivity contribution >= 4 is 23.3 Å². The Kier molecular flexibility index (Phi) is 5.11. The fraction of sp³-hybridized carbons (Fsp3) is 0.455. The molecule has 100 valence electrons. The summed E-state index contributed by atoms with van der Waals surface area (Å²) in [7, 11) is 0. The zero-order chi connectivity index (χ0) is 13.7. The van der Waals surface area contributed by atoms with Crippen molar-refractivity contribution in [2.24, 2.45) is 0 Å². The number of hydrogen-bond acceptors (Lipinski definition) is 4. The molecular weight excluding hydrogens is 256 g/mol. The van der Waals surface area contributed by atoms with Gasteiger partial charge in [-0.25, -0.2) is 9.59 Å². The molecule has 0 radical (unpaired) electrons. The van der Waals surface area contributed by atoms with Gasteiger partial charge in [-0.2, -0.15) is 0 Å².